The van der Waals surface area contributed by atoms with Gasteiger partial charge in [0, 0.05) is 6.42 Å². The summed E-state index contributed by atoms with van der Waals surface area (Å²) in [6.07, 6.45) is 1.56. The Morgan fingerprint density at radius 2 is 0.600 bits per heavy atom. The Morgan fingerprint density at radius 3 is 0.893 bits per heavy atom. The minimum absolute atomic E-state index is 0.0197. The number of carbonyl (C=O) groups is 12. The van der Waals surface area contributed by atoms with Crippen molar-refractivity contribution in [3.63, 3.8) is 0 Å². The molecule has 0 saturated heterocycles. The summed E-state index contributed by atoms with van der Waals surface area (Å²) >= 11 is 0. The van der Waals surface area contributed by atoms with Gasteiger partial charge in [-0.25, -0.2) is 57.5 Å². The molecule has 0 amide bonds. The molecular weight excluding hydrogens is 1010 g/mol. The normalized spacial score (nSPS) is 13.0. The van der Waals surface area contributed by atoms with Crippen molar-refractivity contribution >= 4 is 71.6 Å². The minimum atomic E-state index is -1.47. The summed E-state index contributed by atoms with van der Waals surface area (Å²) in [5, 5.41) is 77.4. The molecule has 0 heterocycles. The van der Waals surface area contributed by atoms with E-state index in [0.29, 0.717) is 0 Å². The molecule has 0 fully saturated rings. The smallest absolute Gasteiger partial charge is 0.336 e. The minimum Gasteiger partial charge on any atom is -0.486 e. The monoisotopic (exact) mass is 1050 g/mol. The summed E-state index contributed by atoms with van der Waals surface area (Å²) in [7, 11) is 0. The first kappa shape index (κ1) is 47.3. The summed E-state index contributed by atoms with van der Waals surface area (Å²) < 4.78 is 55.9. The van der Waals surface area contributed by atoms with E-state index in [1.807, 2.05) is 0 Å². The van der Waals surface area contributed by atoms with Gasteiger partial charge in [-0.15, -0.1) is 0 Å². The molecule has 27 nitrogen and oxygen atoms in total. The van der Waals surface area contributed by atoms with Gasteiger partial charge in [0.15, 0.2) is 0 Å². The highest BCUT2D eigenvalue weighted by atomic mass is 16.5. The molecule has 0 saturated carbocycles. The maximum Gasteiger partial charge on any atom is 0.336 e. The summed E-state index contributed by atoms with van der Waals surface area (Å²) in [6.45, 7) is 0. The Morgan fingerprint density at radius 1 is 0.333 bits per heavy atom. The molecule has 6 rings (SSSR count). The van der Waals surface area contributed by atoms with Crippen LogP contribution in [-0.4, -0.2) is 139 Å². The molecule has 0 aliphatic heterocycles. The lowest BCUT2D eigenvalue weighted by Crippen LogP contribution is -2.23. The predicted molar refractivity (Wildman–Crippen MR) is 242 cm³/mol. The number of ether oxygens (including phenoxy) is 3. The lowest BCUT2D eigenvalue weighted by Gasteiger charge is -2.20. The molecule has 0 spiro atoms. The average Bonchev–Trinajstić information content (AvgIpc) is 3.46. The van der Waals surface area contributed by atoms with Crippen molar-refractivity contribution in [1.82, 2.24) is 0 Å². The maximum absolute atomic E-state index is 11.6. The van der Waals surface area contributed by atoms with Crippen LogP contribution in [0.4, 0.5) is 0 Å². The molecular formula is C48H32O27. The van der Waals surface area contributed by atoms with E-state index < -0.39 is 128 Å². The van der Waals surface area contributed by atoms with Crippen LogP contribution in [0.5, 0.6) is 28.7 Å². The molecule has 1 aliphatic carbocycles. The molecule has 5 aromatic rings. The van der Waals surface area contributed by atoms with Crippen LogP contribution in [0.25, 0.3) is 8.59 Å². The molecule has 0 aromatic heterocycles. The van der Waals surface area contributed by atoms with Crippen molar-refractivity contribution < 1.29 is 133 Å². The van der Waals surface area contributed by atoms with Crippen molar-refractivity contribution in [3.8, 4) is 28.7 Å². The van der Waals surface area contributed by atoms with Gasteiger partial charge in [0.25, 0.3) is 8.59 Å². The Labute approximate surface area is 424 Å². The Bertz CT molecular complexity index is 3310. The van der Waals surface area contributed by atoms with E-state index in [2.05, 4.69) is 30.7 Å². The summed E-state index contributed by atoms with van der Waals surface area (Å²) in [6, 6.07) is 16.4. The fourth-order valence-corrected chi connectivity index (χ4v) is 6.32. The van der Waals surface area contributed by atoms with Crippen molar-refractivity contribution in [2.24, 2.45) is 0 Å². The van der Waals surface area contributed by atoms with E-state index in [1.165, 1.54) is 36.4 Å². The van der Waals surface area contributed by atoms with Crippen LogP contribution in [-0.2, 0) is 9.59 Å². The Balaban J connectivity index is 0.000000261. The van der Waals surface area contributed by atoms with E-state index in [9.17, 15) is 72.9 Å². The third kappa shape index (κ3) is 14.4. The van der Waals surface area contributed by atoms with E-state index in [0.717, 1.165) is 66.7 Å². The number of carboxylic acid groups (broad SMARTS) is 12. The molecule has 386 valence electrons. The van der Waals surface area contributed by atoms with Crippen molar-refractivity contribution in [2.45, 2.75) is 12.5 Å². The third-order valence-corrected chi connectivity index (χ3v) is 9.61. The zero-order chi connectivity index (χ0) is 60.4. The zero-order valence-electron chi connectivity index (χ0n) is 42.9. The number of carboxylic acids is 12. The van der Waals surface area contributed by atoms with Gasteiger partial charge in [-0.1, -0.05) is 6.08 Å². The first-order valence-electron chi connectivity index (χ1n) is 22.4. The molecule has 75 heavy (non-hydrogen) atoms. The number of hydrogen-bond donors (Lipinski definition) is 12. The lowest BCUT2D eigenvalue weighted by molar-refractivity contribution is -0.136. The Kier molecular flexibility index (Phi) is 15.1. The van der Waals surface area contributed by atoms with Gasteiger partial charge in [0.1, 0.15) is 34.9 Å². The number of benzene rings is 5. The predicted octanol–water partition coefficient (Wildman–Crippen LogP) is 5.80. The largest absolute Gasteiger partial charge is 0.486 e. The summed E-state index contributed by atoms with van der Waals surface area (Å²) in [5.74, 6) is -15.9. The molecule has 12 N–H and O–H groups in total. The lowest BCUT2D eigenvalue weighted by atomic mass is 9.96. The number of rotatable bonds is 18. The fourth-order valence-electron chi connectivity index (χ4n) is 6.32. The number of aromatic carboxylic acids is 10. The van der Waals surface area contributed by atoms with Gasteiger partial charge in [-0.05, 0) is 97.1 Å². The quantitative estimate of drug-likeness (QED) is 0.0493. The topological polar surface area (TPSA) is 475 Å². The Hall–Kier alpha value is -11.4. The standard InChI is InChI=1S/C16H12O9.2C16H10O9/c3*17-13(18)9-3-1-7(5-11(9)15(21)22)25-8-2-4-10(14(19)20)12(6-8)16(23)24/h1,3-6,8H,2H2,(H,17,18)(H,19,20)(H,21,22)(H,23,24);2*1-6H,(H,17,18)(H,19,20)(H,21,22)(H,23,24)/i/hD6. The van der Waals surface area contributed by atoms with E-state index in [1.54, 1.807) is 0 Å². The van der Waals surface area contributed by atoms with Crippen LogP contribution in [0.2, 0.25) is 0 Å². The van der Waals surface area contributed by atoms with E-state index in [4.69, 9.17) is 38.1 Å². The number of hydrogen-bond acceptors (Lipinski definition) is 21. The molecule has 5 aromatic carbocycles. The maximum atomic E-state index is 11.6. The highest BCUT2D eigenvalue weighted by Crippen LogP contribution is 2.30. The first-order valence-corrected chi connectivity index (χ1v) is 19.9. The SMILES string of the molecule is [2H]OC(=O)C1=CCC(Oc2ccc(C(=O)O)c(C(=O)O[2H])c2)C=C1C(=O)O.[2H]OC(=O)c1cc(Oc2ccc(C(=O)O)c(C(=O)O[2H])c2)ccc1C(=O)O.[2H]OC(=O)c1ccc(Oc2ccc(C(=O)O[2H])c(C(=O)O)c2)cc1C(=O)O. The molecule has 1 unspecified atom stereocenters. The number of aliphatic carboxylic acids is 2. The van der Waals surface area contributed by atoms with Gasteiger partial charge in [0.2, 0.25) is 0 Å². The van der Waals surface area contributed by atoms with Crippen LogP contribution >= 0.6 is 0 Å². The van der Waals surface area contributed by atoms with Crippen LogP contribution in [0.15, 0.2) is 114 Å². The van der Waals surface area contributed by atoms with Crippen molar-refractivity contribution in [1.29, 1.82) is 8.59 Å². The molecule has 1 atom stereocenters. The molecule has 27 heteroatoms. The van der Waals surface area contributed by atoms with Crippen LogP contribution in [0, 0.1) is 0 Å². The zero-order valence-corrected chi connectivity index (χ0v) is 36.9. The highest BCUT2D eigenvalue weighted by Gasteiger charge is 2.27. The van der Waals surface area contributed by atoms with E-state index >= 15 is 0 Å². The molecule has 0 bridgehead atoms. The second-order valence-corrected chi connectivity index (χ2v) is 14.4. The fraction of sp³-hybridized carbons (Fsp3) is 0.0417. The van der Waals surface area contributed by atoms with Crippen LogP contribution < -0.4 is 14.2 Å². The highest BCUT2D eigenvalue weighted by molar-refractivity contribution is 6.07. The van der Waals surface area contributed by atoms with E-state index in [-0.39, 0.29) is 51.9 Å². The van der Waals surface area contributed by atoms with Crippen LogP contribution in [0.3, 0.4) is 0 Å². The van der Waals surface area contributed by atoms with Gasteiger partial charge in [-0.3, -0.25) is 0 Å². The van der Waals surface area contributed by atoms with Gasteiger partial charge < -0.3 is 75.5 Å². The summed E-state index contributed by atoms with van der Waals surface area (Å²) in [4.78, 5) is 136. The van der Waals surface area contributed by atoms with Gasteiger partial charge in [-0.2, -0.15) is 0 Å². The van der Waals surface area contributed by atoms with Crippen molar-refractivity contribution in [2.75, 3.05) is 0 Å². The summed E-state index contributed by atoms with van der Waals surface area (Å²) in [5.41, 5.74) is -4.96. The van der Waals surface area contributed by atoms with Gasteiger partial charge >= 0.3 is 71.6 Å². The van der Waals surface area contributed by atoms with Crippen LogP contribution in [0.1, 0.15) is 110 Å². The second kappa shape index (κ2) is 24.0. The average molecular weight is 1050 g/mol. The second-order valence-electron chi connectivity index (χ2n) is 14.4. The van der Waals surface area contributed by atoms with Gasteiger partial charge in [0.05, 0.1) is 66.8 Å². The molecule has 1 aliphatic rings. The third-order valence-electron chi connectivity index (χ3n) is 9.61. The molecule has 0 radical (unpaired) electrons. The van der Waals surface area contributed by atoms with Crippen molar-refractivity contribution in [3.05, 3.63) is 170 Å². The first-order chi connectivity index (χ1) is 38.3.